The van der Waals surface area contributed by atoms with E-state index < -0.39 is 0 Å². The highest BCUT2D eigenvalue weighted by Gasteiger charge is 2.17. The van der Waals surface area contributed by atoms with E-state index in [9.17, 15) is 4.79 Å². The highest BCUT2D eigenvalue weighted by molar-refractivity contribution is 5.74. The number of H-pyrrole nitrogens is 1. The molecular formula is C18H16N2O2. The van der Waals surface area contributed by atoms with Crippen LogP contribution in [0.25, 0.3) is 22.6 Å². The molecule has 1 aliphatic carbocycles. The normalized spacial score (nSPS) is 13.8. The van der Waals surface area contributed by atoms with Crippen LogP contribution in [0.15, 0.2) is 40.8 Å². The van der Waals surface area contributed by atoms with Gasteiger partial charge in [0.2, 0.25) is 0 Å². The molecule has 2 heterocycles. The van der Waals surface area contributed by atoms with Crippen molar-refractivity contribution in [3.8, 4) is 22.6 Å². The summed E-state index contributed by atoms with van der Waals surface area (Å²) in [7, 11) is 0. The molecule has 0 radical (unpaired) electrons. The van der Waals surface area contributed by atoms with Crippen LogP contribution in [0.1, 0.15) is 34.7 Å². The molecule has 0 saturated heterocycles. The number of aromatic nitrogens is 2. The van der Waals surface area contributed by atoms with E-state index in [4.69, 9.17) is 4.42 Å². The minimum atomic E-state index is 0.348. The van der Waals surface area contributed by atoms with Crippen LogP contribution in [-0.2, 0) is 12.8 Å². The summed E-state index contributed by atoms with van der Waals surface area (Å²) in [5.74, 6) is 1.05. The first-order valence-electron chi connectivity index (χ1n) is 7.57. The summed E-state index contributed by atoms with van der Waals surface area (Å²) in [5.41, 5.74) is 5.79. The number of fused-ring (bicyclic) bond motifs is 1. The zero-order valence-electron chi connectivity index (χ0n) is 12.1. The highest BCUT2D eigenvalue weighted by atomic mass is 16.3. The van der Waals surface area contributed by atoms with Gasteiger partial charge in [-0.1, -0.05) is 24.3 Å². The lowest BCUT2D eigenvalue weighted by Gasteiger charge is -2.11. The fraction of sp³-hybridized carbons (Fsp3) is 0.222. The maximum atomic E-state index is 10.7. The number of rotatable bonds is 3. The number of nitrogens with zero attached hydrogens (tertiary/aromatic N) is 1. The second-order valence-corrected chi connectivity index (χ2v) is 5.63. The number of aldehydes is 1. The Labute approximate surface area is 128 Å². The van der Waals surface area contributed by atoms with Crippen LogP contribution in [-0.4, -0.2) is 16.5 Å². The molecule has 0 spiro atoms. The van der Waals surface area contributed by atoms with E-state index in [1.807, 2.05) is 18.2 Å². The molecule has 0 atom stereocenters. The maximum Gasteiger partial charge on any atom is 0.185 e. The molecule has 2 aromatic heterocycles. The van der Waals surface area contributed by atoms with Crippen molar-refractivity contribution in [1.29, 1.82) is 0 Å². The van der Waals surface area contributed by atoms with Gasteiger partial charge < -0.3 is 4.42 Å². The number of nitrogens with one attached hydrogen (secondary N) is 1. The Bertz CT molecular complexity index is 812. The Hall–Kier alpha value is -2.62. The van der Waals surface area contributed by atoms with E-state index >= 15 is 0 Å². The van der Waals surface area contributed by atoms with E-state index in [2.05, 4.69) is 22.3 Å². The number of hydrogen-bond donors (Lipinski definition) is 1. The maximum absolute atomic E-state index is 10.7. The van der Waals surface area contributed by atoms with Crippen molar-refractivity contribution >= 4 is 6.29 Å². The molecule has 1 N–H and O–H groups in total. The highest BCUT2D eigenvalue weighted by Crippen LogP contribution is 2.31. The summed E-state index contributed by atoms with van der Waals surface area (Å²) >= 11 is 0. The van der Waals surface area contributed by atoms with Crippen molar-refractivity contribution in [3.63, 3.8) is 0 Å². The first kappa shape index (κ1) is 13.1. The third kappa shape index (κ3) is 2.17. The Balaban J connectivity index is 1.67. The van der Waals surface area contributed by atoms with Crippen molar-refractivity contribution in [2.45, 2.75) is 25.7 Å². The molecule has 0 fully saturated rings. The minimum Gasteiger partial charge on any atom is -0.453 e. The number of benzene rings is 1. The number of furan rings is 1. The summed E-state index contributed by atoms with van der Waals surface area (Å²) in [6.07, 6.45) is 5.39. The fourth-order valence-corrected chi connectivity index (χ4v) is 3.08. The molecule has 3 aromatic rings. The molecule has 0 amide bonds. The van der Waals surface area contributed by atoms with Gasteiger partial charge in [-0.05, 0) is 37.8 Å². The van der Waals surface area contributed by atoms with E-state index in [1.165, 1.54) is 24.1 Å². The van der Waals surface area contributed by atoms with Gasteiger partial charge in [0.1, 0.15) is 5.76 Å². The van der Waals surface area contributed by atoms with Gasteiger partial charge >= 0.3 is 0 Å². The lowest BCUT2D eigenvalue weighted by atomic mass is 9.93. The summed E-state index contributed by atoms with van der Waals surface area (Å²) in [5, 5.41) is 7.67. The van der Waals surface area contributed by atoms with Gasteiger partial charge in [-0.2, -0.15) is 5.10 Å². The molecule has 1 aromatic carbocycles. The van der Waals surface area contributed by atoms with Gasteiger partial charge in [0.25, 0.3) is 0 Å². The summed E-state index contributed by atoms with van der Waals surface area (Å²) < 4.78 is 5.45. The summed E-state index contributed by atoms with van der Waals surface area (Å²) in [6.45, 7) is 0. The van der Waals surface area contributed by atoms with Gasteiger partial charge in [0, 0.05) is 22.4 Å². The molecule has 110 valence electrons. The fourth-order valence-electron chi connectivity index (χ4n) is 3.08. The Morgan fingerprint density at radius 2 is 1.77 bits per heavy atom. The van der Waals surface area contributed by atoms with Crippen molar-refractivity contribution in [2.24, 2.45) is 0 Å². The minimum absolute atomic E-state index is 0.348. The summed E-state index contributed by atoms with van der Waals surface area (Å²) in [6, 6.07) is 11.6. The van der Waals surface area contributed by atoms with E-state index in [-0.39, 0.29) is 0 Å². The third-order valence-electron chi connectivity index (χ3n) is 4.24. The van der Waals surface area contributed by atoms with Gasteiger partial charge in [0.05, 0.1) is 5.69 Å². The standard InChI is InChI=1S/C18H16N2O2/c21-11-14-9-10-17(22-14)12-5-7-13(8-6-12)18-15-3-1-2-4-16(15)19-20-18/h5-11H,1-4H2,(H,19,20). The predicted molar refractivity (Wildman–Crippen MR) is 83.8 cm³/mol. The first-order chi connectivity index (χ1) is 10.8. The lowest BCUT2D eigenvalue weighted by molar-refractivity contribution is 0.110. The summed E-state index contributed by atoms with van der Waals surface area (Å²) in [4.78, 5) is 10.7. The van der Waals surface area contributed by atoms with Gasteiger partial charge in [-0.25, -0.2) is 0 Å². The van der Waals surface area contributed by atoms with Crippen LogP contribution >= 0.6 is 0 Å². The third-order valence-corrected chi connectivity index (χ3v) is 4.24. The lowest BCUT2D eigenvalue weighted by Crippen LogP contribution is -2.01. The average molecular weight is 292 g/mol. The average Bonchev–Trinajstić information content (AvgIpc) is 3.22. The van der Waals surface area contributed by atoms with Crippen LogP contribution < -0.4 is 0 Å². The van der Waals surface area contributed by atoms with Crippen molar-refractivity contribution in [1.82, 2.24) is 10.2 Å². The number of aryl methyl sites for hydroxylation is 1. The topological polar surface area (TPSA) is 58.9 Å². The molecule has 0 bridgehead atoms. The van der Waals surface area contributed by atoms with Gasteiger partial charge in [-0.15, -0.1) is 0 Å². The van der Waals surface area contributed by atoms with Crippen LogP contribution in [0.4, 0.5) is 0 Å². The molecule has 22 heavy (non-hydrogen) atoms. The van der Waals surface area contributed by atoms with Crippen LogP contribution in [0.3, 0.4) is 0 Å². The van der Waals surface area contributed by atoms with E-state index in [1.54, 1.807) is 6.07 Å². The molecule has 4 heteroatoms. The first-order valence-corrected chi connectivity index (χ1v) is 7.57. The SMILES string of the molecule is O=Cc1ccc(-c2ccc(-c3n[nH]c4c3CCCC4)cc2)o1. The zero-order valence-corrected chi connectivity index (χ0v) is 12.1. The molecular weight excluding hydrogens is 276 g/mol. The number of carbonyl (C=O) groups excluding carboxylic acids is 1. The second kappa shape index (κ2) is 5.30. The number of aromatic amines is 1. The Morgan fingerprint density at radius 1 is 1.00 bits per heavy atom. The molecule has 4 nitrogen and oxygen atoms in total. The van der Waals surface area contributed by atoms with Crippen LogP contribution in [0, 0.1) is 0 Å². The quantitative estimate of drug-likeness (QED) is 0.741. The molecule has 4 rings (SSSR count). The Morgan fingerprint density at radius 3 is 2.55 bits per heavy atom. The predicted octanol–water partition coefficient (Wildman–Crippen LogP) is 4.03. The second-order valence-electron chi connectivity index (χ2n) is 5.63. The van der Waals surface area contributed by atoms with E-state index in [0.717, 1.165) is 29.7 Å². The van der Waals surface area contributed by atoms with Crippen molar-refractivity contribution in [3.05, 3.63) is 53.4 Å². The van der Waals surface area contributed by atoms with Gasteiger partial charge in [0.15, 0.2) is 12.0 Å². The largest absolute Gasteiger partial charge is 0.453 e. The van der Waals surface area contributed by atoms with Crippen LogP contribution in [0.2, 0.25) is 0 Å². The number of carbonyl (C=O) groups is 1. The Kier molecular flexibility index (Phi) is 3.15. The molecule has 0 saturated carbocycles. The van der Waals surface area contributed by atoms with Gasteiger partial charge in [-0.3, -0.25) is 9.89 Å². The monoisotopic (exact) mass is 292 g/mol. The van der Waals surface area contributed by atoms with Crippen molar-refractivity contribution in [2.75, 3.05) is 0 Å². The molecule has 0 unspecified atom stereocenters. The van der Waals surface area contributed by atoms with E-state index in [0.29, 0.717) is 17.8 Å². The molecule has 1 aliphatic rings. The van der Waals surface area contributed by atoms with Crippen LogP contribution in [0.5, 0.6) is 0 Å². The number of hydrogen-bond acceptors (Lipinski definition) is 3. The zero-order chi connectivity index (χ0) is 14.9. The smallest absolute Gasteiger partial charge is 0.185 e. The van der Waals surface area contributed by atoms with Crippen molar-refractivity contribution < 1.29 is 9.21 Å². The molecule has 0 aliphatic heterocycles.